The summed E-state index contributed by atoms with van der Waals surface area (Å²) in [6, 6.07) is 13.4. The van der Waals surface area contributed by atoms with Crippen molar-refractivity contribution in [2.24, 2.45) is 5.92 Å². The fraction of sp³-hybridized carbons (Fsp3) is 0.480. The van der Waals surface area contributed by atoms with E-state index in [2.05, 4.69) is 27.7 Å². The predicted octanol–water partition coefficient (Wildman–Crippen LogP) is 2.72. The van der Waals surface area contributed by atoms with Crippen LogP contribution in [0.3, 0.4) is 0 Å². The largest absolute Gasteiger partial charge is 0.468 e. The summed E-state index contributed by atoms with van der Waals surface area (Å²) in [5.74, 6) is 0.674. The van der Waals surface area contributed by atoms with E-state index in [0.29, 0.717) is 19.6 Å². The van der Waals surface area contributed by atoms with Crippen molar-refractivity contribution in [3.63, 3.8) is 0 Å². The number of carbonyl (C=O) groups excluding carboxylic acids is 2. The Labute approximate surface area is 189 Å². The number of aryl methyl sites for hydroxylation is 2. The Balaban J connectivity index is 1.25. The van der Waals surface area contributed by atoms with Gasteiger partial charge in [0.15, 0.2) is 0 Å². The Kier molecular flexibility index (Phi) is 7.37. The molecule has 1 fully saturated rings. The number of hydrogen-bond donors (Lipinski definition) is 2. The second-order valence-electron chi connectivity index (χ2n) is 8.55. The van der Waals surface area contributed by atoms with Crippen LogP contribution in [0.15, 0.2) is 42.5 Å². The summed E-state index contributed by atoms with van der Waals surface area (Å²) in [5, 5.41) is 6.44. The van der Waals surface area contributed by atoms with Gasteiger partial charge in [0.2, 0.25) is 5.91 Å². The maximum atomic E-state index is 12.7. The van der Waals surface area contributed by atoms with Crippen LogP contribution in [0, 0.1) is 5.92 Å². The van der Waals surface area contributed by atoms with Crippen LogP contribution in [0.2, 0.25) is 0 Å². The minimum absolute atomic E-state index is 0.0595. The number of rotatable bonds is 8. The molecule has 0 radical (unpaired) electrons. The van der Waals surface area contributed by atoms with Crippen molar-refractivity contribution in [3.05, 3.63) is 59.3 Å². The summed E-state index contributed by atoms with van der Waals surface area (Å²) < 4.78 is 5.04. The zero-order chi connectivity index (χ0) is 22.3. The topological polar surface area (TPSA) is 83.6 Å². The van der Waals surface area contributed by atoms with E-state index in [9.17, 15) is 9.59 Å². The molecule has 32 heavy (non-hydrogen) atoms. The zero-order valence-corrected chi connectivity index (χ0v) is 18.7. The zero-order valence-electron chi connectivity index (χ0n) is 18.7. The highest BCUT2D eigenvalue weighted by Gasteiger charge is 2.36. The van der Waals surface area contributed by atoms with Gasteiger partial charge < -0.3 is 15.4 Å². The fourth-order valence-corrected chi connectivity index (χ4v) is 4.61. The molecule has 0 bridgehead atoms. The van der Waals surface area contributed by atoms with Crippen molar-refractivity contribution in [2.75, 3.05) is 38.6 Å². The average Bonchev–Trinajstić information content (AvgIpc) is 3.32. The molecule has 2 aliphatic rings. The number of likely N-dealkylation sites (tertiary alicyclic amines) is 1. The van der Waals surface area contributed by atoms with Crippen molar-refractivity contribution in [2.45, 2.75) is 38.1 Å². The van der Waals surface area contributed by atoms with E-state index < -0.39 is 6.04 Å². The molecule has 2 aliphatic heterocycles. The molecule has 1 amide bonds. The fourth-order valence-electron chi connectivity index (χ4n) is 4.61. The number of aromatic nitrogens is 1. The minimum atomic E-state index is -0.470. The third-order valence-corrected chi connectivity index (χ3v) is 6.36. The lowest BCUT2D eigenvalue weighted by Crippen LogP contribution is -2.36. The number of anilines is 1. The van der Waals surface area contributed by atoms with Gasteiger partial charge in [-0.05, 0) is 49.3 Å². The SMILES string of the molecule is COC(=O)C(c1ccccc1)N1CCC(C(=O)NCCCc2ccc3c(n2)NCCC3)C1. The van der Waals surface area contributed by atoms with Gasteiger partial charge in [-0.3, -0.25) is 9.69 Å². The number of nitrogens with zero attached hydrogens (tertiary/aromatic N) is 2. The Bertz CT molecular complexity index is 934. The van der Waals surface area contributed by atoms with E-state index >= 15 is 0 Å². The van der Waals surface area contributed by atoms with Crippen molar-refractivity contribution >= 4 is 17.7 Å². The van der Waals surface area contributed by atoms with Gasteiger partial charge in [-0.25, -0.2) is 9.78 Å². The van der Waals surface area contributed by atoms with Gasteiger partial charge in [-0.1, -0.05) is 36.4 Å². The van der Waals surface area contributed by atoms with Crippen LogP contribution in [0.1, 0.15) is 42.1 Å². The summed E-state index contributed by atoms with van der Waals surface area (Å²) in [5.41, 5.74) is 3.25. The highest BCUT2D eigenvalue weighted by molar-refractivity contribution is 5.80. The normalized spacial score (nSPS) is 19.0. The number of benzene rings is 1. The van der Waals surface area contributed by atoms with E-state index in [1.54, 1.807) is 0 Å². The summed E-state index contributed by atoms with van der Waals surface area (Å²) in [4.78, 5) is 31.9. The molecule has 2 aromatic rings. The molecule has 7 nitrogen and oxygen atoms in total. The number of carbonyl (C=O) groups is 2. The number of hydrogen-bond acceptors (Lipinski definition) is 6. The summed E-state index contributed by atoms with van der Waals surface area (Å²) in [6.45, 7) is 2.86. The van der Waals surface area contributed by atoms with Crippen molar-refractivity contribution in [3.8, 4) is 0 Å². The van der Waals surface area contributed by atoms with Crippen LogP contribution in [-0.2, 0) is 27.2 Å². The minimum Gasteiger partial charge on any atom is -0.468 e. The Hall–Kier alpha value is -2.93. The van der Waals surface area contributed by atoms with Crippen LogP contribution in [-0.4, -0.2) is 55.0 Å². The molecule has 2 atom stereocenters. The van der Waals surface area contributed by atoms with Gasteiger partial charge >= 0.3 is 5.97 Å². The number of nitrogens with one attached hydrogen (secondary N) is 2. The van der Waals surface area contributed by atoms with E-state index in [-0.39, 0.29) is 17.8 Å². The first-order valence-electron chi connectivity index (χ1n) is 11.5. The van der Waals surface area contributed by atoms with Crippen LogP contribution in [0.5, 0.6) is 0 Å². The smallest absolute Gasteiger partial charge is 0.327 e. The maximum absolute atomic E-state index is 12.7. The van der Waals surface area contributed by atoms with Gasteiger partial charge in [-0.2, -0.15) is 0 Å². The van der Waals surface area contributed by atoms with Gasteiger partial charge in [0.05, 0.1) is 13.0 Å². The number of amides is 1. The first kappa shape index (κ1) is 22.3. The lowest BCUT2D eigenvalue weighted by molar-refractivity contribution is -0.147. The van der Waals surface area contributed by atoms with Gasteiger partial charge in [0.1, 0.15) is 11.9 Å². The Morgan fingerprint density at radius 2 is 2.09 bits per heavy atom. The lowest BCUT2D eigenvalue weighted by atomic mass is 10.1. The Morgan fingerprint density at radius 3 is 2.91 bits per heavy atom. The van der Waals surface area contributed by atoms with Crippen molar-refractivity contribution in [1.82, 2.24) is 15.2 Å². The number of ether oxygens (including phenoxy) is 1. The molecular formula is C25H32N4O3. The van der Waals surface area contributed by atoms with E-state index in [4.69, 9.17) is 9.72 Å². The summed E-state index contributed by atoms with van der Waals surface area (Å²) >= 11 is 0. The van der Waals surface area contributed by atoms with Gasteiger partial charge in [0.25, 0.3) is 0 Å². The summed E-state index contributed by atoms with van der Waals surface area (Å²) in [6.07, 6.45) is 4.67. The molecular weight excluding hydrogens is 404 g/mol. The first-order chi connectivity index (χ1) is 15.7. The molecule has 1 aromatic heterocycles. The van der Waals surface area contributed by atoms with E-state index in [1.165, 1.54) is 12.7 Å². The quantitative estimate of drug-likeness (QED) is 0.489. The molecule has 2 unspecified atom stereocenters. The third kappa shape index (κ3) is 5.27. The average molecular weight is 437 g/mol. The first-order valence-corrected chi connectivity index (χ1v) is 11.5. The molecule has 1 saturated heterocycles. The lowest BCUT2D eigenvalue weighted by Gasteiger charge is -2.25. The second-order valence-corrected chi connectivity index (χ2v) is 8.55. The van der Waals surface area contributed by atoms with Crippen LogP contribution in [0.25, 0.3) is 0 Å². The molecule has 170 valence electrons. The number of pyridine rings is 1. The highest BCUT2D eigenvalue weighted by Crippen LogP contribution is 2.29. The molecule has 7 heteroatoms. The highest BCUT2D eigenvalue weighted by atomic mass is 16.5. The van der Waals surface area contributed by atoms with Gasteiger partial charge in [0, 0.05) is 31.9 Å². The van der Waals surface area contributed by atoms with Crippen LogP contribution in [0.4, 0.5) is 5.82 Å². The Morgan fingerprint density at radius 1 is 1.25 bits per heavy atom. The number of fused-ring (bicyclic) bond motifs is 1. The number of esters is 1. The maximum Gasteiger partial charge on any atom is 0.327 e. The molecule has 1 aromatic carbocycles. The standard InChI is InChI=1S/C25H32N4O3/c1-32-25(31)22(18-7-3-2-4-8-18)29-16-13-20(17-29)24(30)27-15-6-10-21-12-11-19-9-5-14-26-23(19)28-21/h2-4,7-8,11-12,20,22H,5-6,9-10,13-17H2,1H3,(H,26,28)(H,27,30). The molecule has 4 rings (SSSR count). The molecule has 0 saturated carbocycles. The summed E-state index contributed by atoms with van der Waals surface area (Å²) in [7, 11) is 1.41. The van der Waals surface area contributed by atoms with Crippen LogP contribution >= 0.6 is 0 Å². The second kappa shape index (κ2) is 10.6. The van der Waals surface area contributed by atoms with E-state index in [0.717, 1.165) is 55.7 Å². The molecule has 3 heterocycles. The molecule has 0 spiro atoms. The van der Waals surface area contributed by atoms with Crippen LogP contribution < -0.4 is 10.6 Å². The van der Waals surface area contributed by atoms with Crippen molar-refractivity contribution in [1.29, 1.82) is 0 Å². The molecule has 0 aliphatic carbocycles. The molecule has 2 N–H and O–H groups in total. The third-order valence-electron chi connectivity index (χ3n) is 6.36. The number of methoxy groups -OCH3 is 1. The van der Waals surface area contributed by atoms with Crippen molar-refractivity contribution < 1.29 is 14.3 Å². The van der Waals surface area contributed by atoms with E-state index in [1.807, 2.05) is 30.3 Å². The van der Waals surface area contributed by atoms with Gasteiger partial charge in [-0.15, -0.1) is 0 Å². The predicted molar refractivity (Wildman–Crippen MR) is 123 cm³/mol. The monoisotopic (exact) mass is 436 g/mol.